The van der Waals surface area contributed by atoms with E-state index >= 15 is 0 Å². The van der Waals surface area contributed by atoms with Crippen LogP contribution in [0.25, 0.3) is 11.3 Å². The highest BCUT2D eigenvalue weighted by atomic mass is 15.2. The SMILES string of the molecule is Cn1nccc1-c1cccc(CC#N)c1. The number of rotatable bonds is 2. The molecule has 0 saturated heterocycles. The summed E-state index contributed by atoms with van der Waals surface area (Å²) >= 11 is 0. The second-order valence-electron chi connectivity index (χ2n) is 3.38. The van der Waals surface area contributed by atoms with E-state index in [2.05, 4.69) is 11.2 Å². The Morgan fingerprint density at radius 1 is 1.40 bits per heavy atom. The maximum Gasteiger partial charge on any atom is 0.0678 e. The molecule has 2 aromatic rings. The first-order valence-electron chi connectivity index (χ1n) is 4.75. The van der Waals surface area contributed by atoms with Crippen molar-refractivity contribution in [2.75, 3.05) is 0 Å². The predicted octanol–water partition coefficient (Wildman–Crippen LogP) is 2.15. The third kappa shape index (κ3) is 1.89. The third-order valence-corrected chi connectivity index (χ3v) is 2.33. The van der Waals surface area contributed by atoms with E-state index in [4.69, 9.17) is 5.26 Å². The molecule has 0 fully saturated rings. The van der Waals surface area contributed by atoms with Crippen LogP contribution in [0.4, 0.5) is 0 Å². The summed E-state index contributed by atoms with van der Waals surface area (Å²) in [6.45, 7) is 0. The summed E-state index contributed by atoms with van der Waals surface area (Å²) in [6.07, 6.45) is 2.22. The average molecular weight is 197 g/mol. The van der Waals surface area contributed by atoms with Gasteiger partial charge in [0.2, 0.25) is 0 Å². The fraction of sp³-hybridized carbons (Fsp3) is 0.167. The van der Waals surface area contributed by atoms with Crippen LogP contribution in [-0.2, 0) is 13.5 Å². The first-order chi connectivity index (χ1) is 7.31. The lowest BCUT2D eigenvalue weighted by atomic mass is 10.1. The zero-order valence-electron chi connectivity index (χ0n) is 8.51. The van der Waals surface area contributed by atoms with Gasteiger partial charge in [0.05, 0.1) is 18.2 Å². The van der Waals surface area contributed by atoms with Gasteiger partial charge in [0.25, 0.3) is 0 Å². The van der Waals surface area contributed by atoms with Crippen LogP contribution < -0.4 is 0 Å². The maximum atomic E-state index is 8.63. The van der Waals surface area contributed by atoms with Gasteiger partial charge >= 0.3 is 0 Å². The van der Waals surface area contributed by atoms with Crippen molar-refractivity contribution < 1.29 is 0 Å². The summed E-state index contributed by atoms with van der Waals surface area (Å²) in [5.74, 6) is 0. The van der Waals surface area contributed by atoms with Gasteiger partial charge in [-0.25, -0.2) is 0 Å². The minimum Gasteiger partial charge on any atom is -0.268 e. The van der Waals surface area contributed by atoms with Crippen molar-refractivity contribution in [2.45, 2.75) is 6.42 Å². The van der Waals surface area contributed by atoms with Gasteiger partial charge in [-0.15, -0.1) is 0 Å². The number of benzene rings is 1. The maximum absolute atomic E-state index is 8.63. The molecule has 3 heteroatoms. The molecule has 0 unspecified atom stereocenters. The summed E-state index contributed by atoms with van der Waals surface area (Å²) in [6, 6.07) is 12.1. The fourth-order valence-corrected chi connectivity index (χ4v) is 1.59. The molecular weight excluding hydrogens is 186 g/mol. The zero-order valence-corrected chi connectivity index (χ0v) is 8.51. The topological polar surface area (TPSA) is 41.6 Å². The molecule has 2 rings (SSSR count). The van der Waals surface area contributed by atoms with Gasteiger partial charge in [-0.1, -0.05) is 18.2 Å². The average Bonchev–Trinajstić information content (AvgIpc) is 2.65. The van der Waals surface area contributed by atoms with Crippen molar-refractivity contribution in [3.05, 3.63) is 42.1 Å². The molecule has 0 aliphatic heterocycles. The lowest BCUT2D eigenvalue weighted by molar-refractivity contribution is 0.776. The molecule has 1 aromatic heterocycles. The highest BCUT2D eigenvalue weighted by molar-refractivity contribution is 5.60. The summed E-state index contributed by atoms with van der Waals surface area (Å²) in [7, 11) is 1.91. The van der Waals surface area contributed by atoms with Crippen molar-refractivity contribution in [3.63, 3.8) is 0 Å². The van der Waals surface area contributed by atoms with Gasteiger partial charge in [-0.3, -0.25) is 4.68 Å². The summed E-state index contributed by atoms with van der Waals surface area (Å²) < 4.78 is 1.82. The number of nitriles is 1. The summed E-state index contributed by atoms with van der Waals surface area (Å²) in [5, 5.41) is 12.7. The summed E-state index contributed by atoms with van der Waals surface area (Å²) in [4.78, 5) is 0. The van der Waals surface area contributed by atoms with Crippen LogP contribution in [0.15, 0.2) is 36.5 Å². The Labute approximate surface area is 88.6 Å². The minimum absolute atomic E-state index is 0.450. The Morgan fingerprint density at radius 3 is 2.93 bits per heavy atom. The second-order valence-corrected chi connectivity index (χ2v) is 3.38. The van der Waals surface area contributed by atoms with Crippen LogP contribution in [0.5, 0.6) is 0 Å². The molecule has 0 spiro atoms. The van der Waals surface area contributed by atoms with Gasteiger partial charge in [0.1, 0.15) is 0 Å². The molecule has 0 bridgehead atoms. The van der Waals surface area contributed by atoms with Crippen LogP contribution in [0.2, 0.25) is 0 Å². The Hall–Kier alpha value is -2.08. The monoisotopic (exact) mass is 197 g/mol. The standard InChI is InChI=1S/C12H11N3/c1-15-12(6-8-14-15)11-4-2-3-10(9-11)5-7-13/h2-4,6,8-9H,5H2,1H3. The Bertz CT molecular complexity index is 506. The number of hydrogen-bond acceptors (Lipinski definition) is 2. The van der Waals surface area contributed by atoms with Crippen molar-refractivity contribution in [2.24, 2.45) is 7.05 Å². The van der Waals surface area contributed by atoms with E-state index in [-0.39, 0.29) is 0 Å². The van der Waals surface area contributed by atoms with E-state index in [1.54, 1.807) is 6.20 Å². The number of hydrogen-bond donors (Lipinski definition) is 0. The third-order valence-electron chi connectivity index (χ3n) is 2.33. The van der Waals surface area contributed by atoms with E-state index in [9.17, 15) is 0 Å². The molecular formula is C12H11N3. The molecule has 0 aliphatic rings. The predicted molar refractivity (Wildman–Crippen MR) is 58.0 cm³/mol. The van der Waals surface area contributed by atoms with E-state index in [1.807, 2.05) is 42.1 Å². The number of nitrogens with zero attached hydrogens (tertiary/aromatic N) is 3. The van der Waals surface area contributed by atoms with Crippen LogP contribution in [0, 0.1) is 11.3 Å². The zero-order chi connectivity index (χ0) is 10.7. The lowest BCUT2D eigenvalue weighted by Gasteiger charge is -2.03. The molecule has 1 heterocycles. The van der Waals surface area contributed by atoms with Crippen molar-refractivity contribution in [1.82, 2.24) is 9.78 Å². The van der Waals surface area contributed by atoms with Crippen molar-refractivity contribution in [3.8, 4) is 17.3 Å². The fourth-order valence-electron chi connectivity index (χ4n) is 1.59. The number of aryl methyl sites for hydroxylation is 1. The van der Waals surface area contributed by atoms with Gasteiger partial charge in [0.15, 0.2) is 0 Å². The minimum atomic E-state index is 0.450. The molecule has 0 aliphatic carbocycles. The molecule has 0 saturated carbocycles. The van der Waals surface area contributed by atoms with Crippen LogP contribution in [0.1, 0.15) is 5.56 Å². The van der Waals surface area contributed by atoms with E-state index < -0.39 is 0 Å². The molecule has 15 heavy (non-hydrogen) atoms. The van der Waals surface area contributed by atoms with E-state index in [0.717, 1.165) is 16.8 Å². The van der Waals surface area contributed by atoms with Crippen molar-refractivity contribution in [1.29, 1.82) is 5.26 Å². The molecule has 0 atom stereocenters. The molecule has 74 valence electrons. The van der Waals surface area contributed by atoms with Crippen LogP contribution >= 0.6 is 0 Å². The Morgan fingerprint density at radius 2 is 2.27 bits per heavy atom. The Balaban J connectivity index is 2.42. The smallest absolute Gasteiger partial charge is 0.0678 e. The number of aromatic nitrogens is 2. The quantitative estimate of drug-likeness (QED) is 0.740. The lowest BCUT2D eigenvalue weighted by Crippen LogP contribution is -1.93. The molecule has 1 aromatic carbocycles. The normalized spacial score (nSPS) is 9.87. The second kappa shape index (κ2) is 3.97. The highest BCUT2D eigenvalue weighted by Crippen LogP contribution is 2.19. The Kier molecular flexibility index (Phi) is 2.51. The highest BCUT2D eigenvalue weighted by Gasteiger charge is 2.02. The molecule has 3 nitrogen and oxygen atoms in total. The van der Waals surface area contributed by atoms with Gasteiger partial charge in [-0.2, -0.15) is 10.4 Å². The summed E-state index contributed by atoms with van der Waals surface area (Å²) in [5.41, 5.74) is 3.20. The molecule has 0 amide bonds. The van der Waals surface area contributed by atoms with E-state index in [1.165, 1.54) is 0 Å². The van der Waals surface area contributed by atoms with Crippen LogP contribution in [-0.4, -0.2) is 9.78 Å². The van der Waals surface area contributed by atoms with Gasteiger partial charge in [0, 0.05) is 18.8 Å². The van der Waals surface area contributed by atoms with Gasteiger partial charge < -0.3 is 0 Å². The molecule has 0 radical (unpaired) electrons. The molecule has 0 N–H and O–H groups in total. The first-order valence-corrected chi connectivity index (χ1v) is 4.75. The van der Waals surface area contributed by atoms with E-state index in [0.29, 0.717) is 6.42 Å². The van der Waals surface area contributed by atoms with Gasteiger partial charge in [-0.05, 0) is 17.7 Å². The first kappa shape index (κ1) is 9.47. The largest absolute Gasteiger partial charge is 0.268 e. The van der Waals surface area contributed by atoms with Crippen molar-refractivity contribution >= 4 is 0 Å². The van der Waals surface area contributed by atoms with Crippen LogP contribution in [0.3, 0.4) is 0 Å².